The highest BCUT2D eigenvalue weighted by atomic mass is 16.5. The fourth-order valence-corrected chi connectivity index (χ4v) is 4.19. The van der Waals surface area contributed by atoms with E-state index in [1.165, 1.54) is 0 Å². The molecule has 174 valence electrons. The van der Waals surface area contributed by atoms with Gasteiger partial charge in [0.05, 0.1) is 19.4 Å². The topological polar surface area (TPSA) is 103 Å². The molecule has 1 fully saturated rings. The predicted molar refractivity (Wildman–Crippen MR) is 140 cm³/mol. The first-order chi connectivity index (χ1) is 17.3. The monoisotopic (exact) mass is 464 g/mol. The van der Waals surface area contributed by atoms with Crippen LogP contribution in [0.15, 0.2) is 78.0 Å². The molecule has 5 aromatic rings. The van der Waals surface area contributed by atoms with Crippen molar-refractivity contribution in [2.45, 2.75) is 0 Å². The maximum Gasteiger partial charge on any atom is 0.250 e. The number of hydrogen-bond donors (Lipinski definition) is 3. The summed E-state index contributed by atoms with van der Waals surface area (Å²) in [7, 11) is 0. The second-order valence-electron chi connectivity index (χ2n) is 8.19. The average molecular weight is 465 g/mol. The van der Waals surface area contributed by atoms with Gasteiger partial charge in [0.2, 0.25) is 17.8 Å². The van der Waals surface area contributed by atoms with E-state index in [9.17, 15) is 0 Å². The minimum absolute atomic E-state index is 0.361. The Balaban J connectivity index is 1.31. The Hall–Kier alpha value is -4.50. The number of para-hydroxylation sites is 1. The summed E-state index contributed by atoms with van der Waals surface area (Å²) in [5.74, 6) is 1.39. The highest BCUT2D eigenvalue weighted by Crippen LogP contribution is 2.26. The van der Waals surface area contributed by atoms with Gasteiger partial charge < -0.3 is 19.9 Å². The largest absolute Gasteiger partial charge is 0.378 e. The Morgan fingerprint density at radius 1 is 0.857 bits per heavy atom. The minimum atomic E-state index is 0.361. The number of ether oxygens (including phenoxy) is 1. The summed E-state index contributed by atoms with van der Waals surface area (Å²) in [6.45, 7) is 2.71. The van der Waals surface area contributed by atoms with Gasteiger partial charge in [-0.3, -0.25) is 0 Å². The van der Waals surface area contributed by atoms with Gasteiger partial charge in [-0.1, -0.05) is 54.6 Å². The summed E-state index contributed by atoms with van der Waals surface area (Å²) in [5, 5.41) is 11.1. The molecular formula is C26H24N8O. The lowest BCUT2D eigenvalue weighted by Crippen LogP contribution is -2.37. The summed E-state index contributed by atoms with van der Waals surface area (Å²) in [5.41, 5.74) is 5.95. The summed E-state index contributed by atoms with van der Waals surface area (Å²) >= 11 is 0. The van der Waals surface area contributed by atoms with Crippen LogP contribution in [-0.4, -0.2) is 52.5 Å². The first-order valence-electron chi connectivity index (χ1n) is 11.5. The third-order valence-corrected chi connectivity index (χ3v) is 5.94. The Morgan fingerprint density at radius 3 is 2.54 bits per heavy atom. The average Bonchev–Trinajstić information content (AvgIpc) is 3.32. The van der Waals surface area contributed by atoms with Gasteiger partial charge in [-0.25, -0.2) is 5.43 Å². The van der Waals surface area contributed by atoms with Crippen molar-refractivity contribution in [3.05, 3.63) is 78.5 Å². The maximum absolute atomic E-state index is 5.50. The van der Waals surface area contributed by atoms with Crippen LogP contribution in [0.4, 0.5) is 23.5 Å². The van der Waals surface area contributed by atoms with Crippen molar-refractivity contribution in [2.24, 2.45) is 5.10 Å². The standard InChI is InChI=1S/C26H24N8O/c1-2-8-20-18(6-1)7-5-11-23(20)29-24-30-25(32-26(31-24)34-12-14-35-15-13-34)33-28-17-19-16-27-22-10-4-3-9-21(19)22/h1-11,16-17,27H,12-15H2,(H2,29,30,31,32,33). The lowest BCUT2D eigenvalue weighted by atomic mass is 10.1. The highest BCUT2D eigenvalue weighted by Gasteiger charge is 2.17. The van der Waals surface area contributed by atoms with Crippen LogP contribution in [0.25, 0.3) is 21.7 Å². The van der Waals surface area contributed by atoms with E-state index in [0.717, 1.165) is 46.0 Å². The third-order valence-electron chi connectivity index (χ3n) is 5.94. The number of morpholine rings is 1. The van der Waals surface area contributed by atoms with Gasteiger partial charge in [0.15, 0.2) is 0 Å². The molecule has 1 aliphatic rings. The number of nitrogens with one attached hydrogen (secondary N) is 3. The first kappa shape index (κ1) is 21.1. The van der Waals surface area contributed by atoms with Gasteiger partial charge in [0.25, 0.3) is 0 Å². The van der Waals surface area contributed by atoms with Gasteiger partial charge in [0, 0.05) is 46.8 Å². The number of aromatic nitrogens is 4. The molecular weight excluding hydrogens is 440 g/mol. The van der Waals surface area contributed by atoms with Crippen LogP contribution in [-0.2, 0) is 4.74 Å². The van der Waals surface area contributed by atoms with Crippen molar-refractivity contribution in [3.63, 3.8) is 0 Å². The summed E-state index contributed by atoms with van der Waals surface area (Å²) in [6.07, 6.45) is 3.69. The Morgan fingerprint density at radius 2 is 1.63 bits per heavy atom. The molecule has 0 saturated carbocycles. The van der Waals surface area contributed by atoms with Crippen molar-refractivity contribution in [3.8, 4) is 0 Å². The molecule has 0 atom stereocenters. The van der Waals surface area contributed by atoms with E-state index in [0.29, 0.717) is 31.1 Å². The van der Waals surface area contributed by atoms with Gasteiger partial charge in [-0.05, 0) is 17.5 Å². The molecule has 2 aromatic heterocycles. The second-order valence-corrected chi connectivity index (χ2v) is 8.19. The number of fused-ring (bicyclic) bond motifs is 2. The van der Waals surface area contributed by atoms with Crippen molar-refractivity contribution in [1.82, 2.24) is 19.9 Å². The van der Waals surface area contributed by atoms with Crippen LogP contribution in [0.5, 0.6) is 0 Å². The van der Waals surface area contributed by atoms with E-state index in [4.69, 9.17) is 9.72 Å². The van der Waals surface area contributed by atoms with Crippen LogP contribution in [0.2, 0.25) is 0 Å². The maximum atomic E-state index is 5.50. The molecule has 3 heterocycles. The molecule has 0 bridgehead atoms. The van der Waals surface area contributed by atoms with Crippen molar-refractivity contribution in [1.29, 1.82) is 0 Å². The molecule has 1 aliphatic heterocycles. The molecule has 0 spiro atoms. The zero-order valence-corrected chi connectivity index (χ0v) is 19.0. The molecule has 35 heavy (non-hydrogen) atoms. The van der Waals surface area contributed by atoms with Crippen LogP contribution in [0, 0.1) is 0 Å². The number of hydrazone groups is 1. The number of anilines is 4. The molecule has 3 aromatic carbocycles. The fourth-order valence-electron chi connectivity index (χ4n) is 4.19. The molecule has 0 aliphatic carbocycles. The predicted octanol–water partition coefficient (Wildman–Crippen LogP) is 4.53. The number of benzene rings is 3. The van der Waals surface area contributed by atoms with E-state index < -0.39 is 0 Å². The number of nitrogens with zero attached hydrogens (tertiary/aromatic N) is 5. The van der Waals surface area contributed by atoms with Crippen molar-refractivity contribution in [2.75, 3.05) is 41.9 Å². The molecule has 0 amide bonds. The summed E-state index contributed by atoms with van der Waals surface area (Å²) in [6, 6.07) is 22.4. The van der Waals surface area contributed by atoms with E-state index in [2.05, 4.69) is 60.0 Å². The molecule has 9 nitrogen and oxygen atoms in total. The van der Waals surface area contributed by atoms with Gasteiger partial charge in [0.1, 0.15) is 0 Å². The van der Waals surface area contributed by atoms with Crippen molar-refractivity contribution < 1.29 is 4.74 Å². The van der Waals surface area contributed by atoms with Crippen molar-refractivity contribution >= 4 is 51.4 Å². The van der Waals surface area contributed by atoms with E-state index in [1.807, 2.05) is 48.7 Å². The Bertz CT molecular complexity index is 1500. The van der Waals surface area contributed by atoms with E-state index in [-0.39, 0.29) is 0 Å². The Kier molecular flexibility index (Phi) is 5.65. The van der Waals surface area contributed by atoms with Crippen LogP contribution in [0.1, 0.15) is 5.56 Å². The molecule has 0 unspecified atom stereocenters. The quantitative estimate of drug-likeness (QED) is 0.251. The fraction of sp³-hybridized carbons (Fsp3) is 0.154. The zero-order chi connectivity index (χ0) is 23.5. The number of aromatic amines is 1. The normalized spacial score (nSPS) is 14.1. The number of hydrogen-bond acceptors (Lipinski definition) is 8. The SMILES string of the molecule is C(=NNc1nc(Nc2cccc3ccccc23)nc(N2CCOCC2)n1)c1c[nH]c2ccccc12. The molecule has 6 rings (SSSR count). The van der Waals surface area contributed by atoms with Gasteiger partial charge >= 0.3 is 0 Å². The van der Waals surface area contributed by atoms with Crippen LogP contribution in [0.3, 0.4) is 0 Å². The lowest BCUT2D eigenvalue weighted by molar-refractivity contribution is 0.122. The Labute approximate surface area is 201 Å². The number of rotatable bonds is 6. The van der Waals surface area contributed by atoms with Gasteiger partial charge in [-0.2, -0.15) is 20.1 Å². The number of H-pyrrole nitrogens is 1. The van der Waals surface area contributed by atoms with Gasteiger partial charge in [-0.15, -0.1) is 0 Å². The summed E-state index contributed by atoms with van der Waals surface area (Å²) < 4.78 is 5.50. The first-order valence-corrected chi connectivity index (χ1v) is 11.5. The van der Waals surface area contributed by atoms with Crippen LogP contribution >= 0.6 is 0 Å². The minimum Gasteiger partial charge on any atom is -0.378 e. The van der Waals surface area contributed by atoms with E-state index in [1.54, 1.807) is 6.21 Å². The highest BCUT2D eigenvalue weighted by molar-refractivity contribution is 5.99. The van der Waals surface area contributed by atoms with Crippen LogP contribution < -0.4 is 15.6 Å². The molecule has 0 radical (unpaired) electrons. The smallest absolute Gasteiger partial charge is 0.250 e. The zero-order valence-electron chi connectivity index (χ0n) is 19.0. The second kappa shape index (κ2) is 9.40. The third kappa shape index (κ3) is 4.49. The molecule has 3 N–H and O–H groups in total. The molecule has 9 heteroatoms. The lowest BCUT2D eigenvalue weighted by Gasteiger charge is -2.27. The van der Waals surface area contributed by atoms with E-state index >= 15 is 0 Å². The molecule has 1 saturated heterocycles. The summed E-state index contributed by atoms with van der Waals surface area (Å²) in [4.78, 5) is 19.2.